The van der Waals surface area contributed by atoms with E-state index in [9.17, 15) is 13.6 Å². The topological polar surface area (TPSA) is 35.5 Å². The van der Waals surface area contributed by atoms with E-state index >= 15 is 0 Å². The molecular formula is C8H14F2O3. The van der Waals surface area contributed by atoms with Crippen molar-refractivity contribution in [1.29, 1.82) is 0 Å². The maximum atomic E-state index is 12.1. The standard InChI is InChI=1S/C8H14F2O3/c1-6(12-3)7(11)4-5-13-8(2,9)10/h6H,4-5H2,1-3H3. The van der Waals surface area contributed by atoms with E-state index in [0.717, 1.165) is 0 Å². The summed E-state index contributed by atoms with van der Waals surface area (Å²) in [4.78, 5) is 11.0. The average Bonchev–Trinajstić information content (AvgIpc) is 2.00. The first-order valence-corrected chi connectivity index (χ1v) is 3.94. The normalized spacial score (nSPS) is 14.2. The molecule has 0 spiro atoms. The molecule has 0 aliphatic heterocycles. The van der Waals surface area contributed by atoms with Crippen LogP contribution in [-0.4, -0.2) is 31.7 Å². The van der Waals surface area contributed by atoms with Crippen LogP contribution in [0, 0.1) is 0 Å². The number of ether oxygens (including phenoxy) is 2. The second-order valence-electron chi connectivity index (χ2n) is 2.75. The number of hydrogen-bond acceptors (Lipinski definition) is 3. The van der Waals surface area contributed by atoms with Gasteiger partial charge in [-0.3, -0.25) is 4.79 Å². The molecule has 0 rings (SSSR count). The summed E-state index contributed by atoms with van der Waals surface area (Å²) in [6.45, 7) is 1.92. The fourth-order valence-corrected chi connectivity index (χ4v) is 0.666. The Bertz CT molecular complexity index is 165. The van der Waals surface area contributed by atoms with Gasteiger partial charge in [0.25, 0.3) is 0 Å². The second-order valence-corrected chi connectivity index (χ2v) is 2.75. The molecule has 0 aromatic carbocycles. The third-order valence-corrected chi connectivity index (χ3v) is 1.51. The van der Waals surface area contributed by atoms with Crippen LogP contribution in [0.4, 0.5) is 8.78 Å². The van der Waals surface area contributed by atoms with Crippen LogP contribution < -0.4 is 0 Å². The van der Waals surface area contributed by atoms with Crippen molar-refractivity contribution < 1.29 is 23.0 Å². The molecule has 0 amide bonds. The summed E-state index contributed by atoms with van der Waals surface area (Å²) in [6, 6.07) is 0. The van der Waals surface area contributed by atoms with Crippen molar-refractivity contribution in [2.45, 2.75) is 32.5 Å². The molecule has 13 heavy (non-hydrogen) atoms. The summed E-state index contributed by atoms with van der Waals surface area (Å²) in [7, 11) is 1.39. The van der Waals surface area contributed by atoms with Gasteiger partial charge in [-0.2, -0.15) is 8.78 Å². The molecule has 0 aromatic rings. The van der Waals surface area contributed by atoms with Gasteiger partial charge in [0, 0.05) is 20.5 Å². The zero-order valence-electron chi connectivity index (χ0n) is 7.97. The molecular weight excluding hydrogens is 182 g/mol. The molecule has 0 heterocycles. The Labute approximate surface area is 76.0 Å². The molecule has 0 saturated carbocycles. The van der Waals surface area contributed by atoms with Gasteiger partial charge >= 0.3 is 6.11 Å². The van der Waals surface area contributed by atoms with Crippen LogP contribution in [-0.2, 0) is 14.3 Å². The van der Waals surface area contributed by atoms with Gasteiger partial charge in [-0.1, -0.05) is 0 Å². The van der Waals surface area contributed by atoms with Crippen LogP contribution in [0.2, 0.25) is 0 Å². The summed E-state index contributed by atoms with van der Waals surface area (Å²) in [5, 5.41) is 0. The van der Waals surface area contributed by atoms with Crippen LogP contribution in [0.5, 0.6) is 0 Å². The van der Waals surface area contributed by atoms with Crippen LogP contribution in [0.25, 0.3) is 0 Å². The van der Waals surface area contributed by atoms with Crippen molar-refractivity contribution in [1.82, 2.24) is 0 Å². The first-order chi connectivity index (χ1) is 5.87. The van der Waals surface area contributed by atoms with E-state index in [2.05, 4.69) is 4.74 Å². The molecule has 78 valence electrons. The lowest BCUT2D eigenvalue weighted by Gasteiger charge is -2.12. The molecule has 0 fully saturated rings. The largest absolute Gasteiger partial charge is 0.374 e. The first kappa shape index (κ1) is 12.4. The Morgan fingerprint density at radius 3 is 2.46 bits per heavy atom. The van der Waals surface area contributed by atoms with Crippen LogP contribution in [0.3, 0.4) is 0 Å². The highest BCUT2D eigenvalue weighted by molar-refractivity contribution is 5.82. The van der Waals surface area contributed by atoms with Crippen LogP contribution in [0.1, 0.15) is 20.3 Å². The van der Waals surface area contributed by atoms with Crippen LogP contribution >= 0.6 is 0 Å². The van der Waals surface area contributed by atoms with E-state index in [1.54, 1.807) is 6.92 Å². The lowest BCUT2D eigenvalue weighted by atomic mass is 10.2. The number of halogens is 2. The summed E-state index contributed by atoms with van der Waals surface area (Å²) in [5.41, 5.74) is 0. The fourth-order valence-electron chi connectivity index (χ4n) is 0.666. The monoisotopic (exact) mass is 196 g/mol. The fraction of sp³-hybridized carbons (Fsp3) is 0.875. The molecule has 3 nitrogen and oxygen atoms in total. The van der Waals surface area contributed by atoms with Crippen molar-refractivity contribution in [3.63, 3.8) is 0 Å². The molecule has 1 atom stereocenters. The number of hydrogen-bond donors (Lipinski definition) is 0. The zero-order valence-corrected chi connectivity index (χ0v) is 7.97. The molecule has 5 heteroatoms. The highest BCUT2D eigenvalue weighted by Gasteiger charge is 2.22. The van der Waals surface area contributed by atoms with E-state index in [0.29, 0.717) is 6.92 Å². The average molecular weight is 196 g/mol. The highest BCUT2D eigenvalue weighted by Crippen LogP contribution is 2.13. The molecule has 0 radical (unpaired) electrons. The van der Waals surface area contributed by atoms with E-state index < -0.39 is 12.2 Å². The van der Waals surface area contributed by atoms with Crippen molar-refractivity contribution in [3.05, 3.63) is 0 Å². The maximum absolute atomic E-state index is 12.1. The molecule has 0 aliphatic rings. The van der Waals surface area contributed by atoms with Gasteiger partial charge in [0.15, 0.2) is 5.78 Å². The third kappa shape index (κ3) is 6.60. The summed E-state index contributed by atoms with van der Waals surface area (Å²) in [5.74, 6) is -0.244. The second kappa shape index (κ2) is 5.24. The number of methoxy groups -OCH3 is 1. The van der Waals surface area contributed by atoms with E-state index in [1.165, 1.54) is 7.11 Å². The first-order valence-electron chi connectivity index (χ1n) is 3.94. The van der Waals surface area contributed by atoms with Crippen molar-refractivity contribution in [2.75, 3.05) is 13.7 Å². The Kier molecular flexibility index (Phi) is 5.02. The van der Waals surface area contributed by atoms with E-state index in [4.69, 9.17) is 4.74 Å². The third-order valence-electron chi connectivity index (χ3n) is 1.51. The summed E-state index contributed by atoms with van der Waals surface area (Å²) < 4.78 is 33.0. The minimum absolute atomic E-state index is 0.0571. The lowest BCUT2D eigenvalue weighted by molar-refractivity contribution is -0.224. The molecule has 0 N–H and O–H groups in total. The molecule has 0 aromatic heterocycles. The smallest absolute Gasteiger partial charge is 0.352 e. The predicted octanol–water partition coefficient (Wildman–Crippen LogP) is 1.61. The van der Waals surface area contributed by atoms with E-state index in [1.807, 2.05) is 0 Å². The van der Waals surface area contributed by atoms with Gasteiger partial charge in [-0.05, 0) is 6.92 Å². The van der Waals surface area contributed by atoms with Crippen LogP contribution in [0.15, 0.2) is 0 Å². The Balaban J connectivity index is 3.60. The maximum Gasteiger partial charge on any atom is 0.352 e. The summed E-state index contributed by atoms with van der Waals surface area (Å²) in [6.07, 6.45) is -3.79. The van der Waals surface area contributed by atoms with Crippen molar-refractivity contribution >= 4 is 5.78 Å². The minimum Gasteiger partial charge on any atom is -0.374 e. The highest BCUT2D eigenvalue weighted by atomic mass is 19.3. The van der Waals surface area contributed by atoms with Gasteiger partial charge in [-0.25, -0.2) is 0 Å². The zero-order chi connectivity index (χ0) is 10.5. The quantitative estimate of drug-likeness (QED) is 0.647. The lowest BCUT2D eigenvalue weighted by Crippen LogP contribution is -2.23. The van der Waals surface area contributed by atoms with Gasteiger partial charge in [0.05, 0.1) is 6.61 Å². The van der Waals surface area contributed by atoms with Gasteiger partial charge in [-0.15, -0.1) is 0 Å². The van der Waals surface area contributed by atoms with Crippen molar-refractivity contribution in [3.8, 4) is 0 Å². The van der Waals surface area contributed by atoms with Crippen molar-refractivity contribution in [2.24, 2.45) is 0 Å². The molecule has 1 unspecified atom stereocenters. The molecule has 0 bridgehead atoms. The SMILES string of the molecule is COC(C)C(=O)CCOC(C)(F)F. The number of Topliss-reactive ketones (excluding diaryl/α,β-unsaturated/α-hetero) is 1. The van der Waals surface area contributed by atoms with Gasteiger partial charge in [0.1, 0.15) is 6.10 Å². The van der Waals surface area contributed by atoms with E-state index in [-0.39, 0.29) is 18.8 Å². The Morgan fingerprint density at radius 1 is 1.54 bits per heavy atom. The minimum atomic E-state index is -3.17. The summed E-state index contributed by atoms with van der Waals surface area (Å²) >= 11 is 0. The number of carbonyl (C=O) groups excluding carboxylic acids is 1. The number of ketones is 1. The number of rotatable bonds is 6. The Morgan fingerprint density at radius 2 is 2.08 bits per heavy atom. The van der Waals surface area contributed by atoms with Gasteiger partial charge < -0.3 is 9.47 Å². The molecule has 0 aliphatic carbocycles. The predicted molar refractivity (Wildman–Crippen MR) is 42.7 cm³/mol. The Hall–Kier alpha value is -0.550. The number of alkyl halides is 2. The molecule has 0 saturated heterocycles. The number of carbonyl (C=O) groups is 1. The van der Waals surface area contributed by atoms with Gasteiger partial charge in [0.2, 0.25) is 0 Å².